The third kappa shape index (κ3) is 3.54. The molecule has 0 aromatic carbocycles. The number of halogens is 3. The van der Waals surface area contributed by atoms with Gasteiger partial charge in [-0.05, 0) is 18.8 Å². The van der Waals surface area contributed by atoms with Crippen LogP contribution in [0.4, 0.5) is 13.2 Å². The Labute approximate surface area is 136 Å². The average Bonchev–Trinajstić information content (AvgIpc) is 3.12. The standard InChI is InChI=1S/C14H19F3N4O3/c1-23-12-7-24-6-11(12)21-5-10(19-20-21)13(22)18-4-8-2-9(3-8)14(15,16)17/h5,8-9,11-12H,2-4,6-7H2,1H3,(H,18,22)/t8?,9?,11-,12-/m1/s1. The van der Waals surface area contributed by atoms with Crippen LogP contribution in [-0.4, -0.2) is 60.0 Å². The van der Waals surface area contributed by atoms with Crippen LogP contribution in [0.25, 0.3) is 0 Å². The normalized spacial score (nSPS) is 30.2. The number of methoxy groups -OCH3 is 1. The highest BCUT2D eigenvalue weighted by Gasteiger charge is 2.47. The lowest BCUT2D eigenvalue weighted by molar-refractivity contribution is -0.203. The Kier molecular flexibility index (Phi) is 4.77. The fourth-order valence-electron chi connectivity index (χ4n) is 3.04. The van der Waals surface area contributed by atoms with Gasteiger partial charge < -0.3 is 14.8 Å². The van der Waals surface area contributed by atoms with E-state index in [1.54, 1.807) is 7.11 Å². The smallest absolute Gasteiger partial charge is 0.377 e. The molecule has 3 rings (SSSR count). The number of ether oxygens (including phenoxy) is 2. The molecular formula is C14H19F3N4O3. The van der Waals surface area contributed by atoms with Gasteiger partial charge in [-0.3, -0.25) is 4.79 Å². The van der Waals surface area contributed by atoms with E-state index in [0.717, 1.165) is 0 Å². The number of amides is 1. The van der Waals surface area contributed by atoms with Crippen LogP contribution in [0.1, 0.15) is 29.4 Å². The lowest BCUT2D eigenvalue weighted by Crippen LogP contribution is -2.41. The van der Waals surface area contributed by atoms with Crippen LogP contribution in [0.3, 0.4) is 0 Å². The highest BCUT2D eigenvalue weighted by atomic mass is 19.4. The van der Waals surface area contributed by atoms with Crippen LogP contribution in [0.2, 0.25) is 0 Å². The predicted molar refractivity (Wildman–Crippen MR) is 75.3 cm³/mol. The summed E-state index contributed by atoms with van der Waals surface area (Å²) >= 11 is 0. The Balaban J connectivity index is 1.48. The molecule has 0 spiro atoms. The molecule has 1 saturated carbocycles. The third-order valence-corrected chi connectivity index (χ3v) is 4.64. The quantitative estimate of drug-likeness (QED) is 0.865. The van der Waals surface area contributed by atoms with Gasteiger partial charge in [0.2, 0.25) is 0 Å². The highest BCUT2D eigenvalue weighted by molar-refractivity contribution is 5.91. The maximum atomic E-state index is 12.4. The summed E-state index contributed by atoms with van der Waals surface area (Å²) in [6.07, 6.45) is -2.67. The summed E-state index contributed by atoms with van der Waals surface area (Å²) in [6.45, 7) is 1.08. The Morgan fingerprint density at radius 1 is 1.46 bits per heavy atom. The van der Waals surface area contributed by atoms with Crippen molar-refractivity contribution in [3.05, 3.63) is 11.9 Å². The van der Waals surface area contributed by atoms with Crippen LogP contribution in [-0.2, 0) is 9.47 Å². The molecule has 1 aromatic rings. The number of carbonyl (C=O) groups excluding carboxylic acids is 1. The lowest BCUT2D eigenvalue weighted by Gasteiger charge is -2.36. The van der Waals surface area contributed by atoms with Gasteiger partial charge in [0.05, 0.1) is 25.3 Å². The molecule has 7 nitrogen and oxygen atoms in total. The fourth-order valence-corrected chi connectivity index (χ4v) is 3.04. The summed E-state index contributed by atoms with van der Waals surface area (Å²) in [7, 11) is 1.57. The molecule has 134 valence electrons. The Hall–Kier alpha value is -1.68. The van der Waals surface area contributed by atoms with Gasteiger partial charge in [-0.2, -0.15) is 13.2 Å². The van der Waals surface area contributed by atoms with Gasteiger partial charge in [0.25, 0.3) is 5.91 Å². The number of hydrogen-bond acceptors (Lipinski definition) is 5. The van der Waals surface area contributed by atoms with Crippen LogP contribution in [0, 0.1) is 11.8 Å². The fraction of sp³-hybridized carbons (Fsp3) is 0.786. The van der Waals surface area contributed by atoms with E-state index < -0.39 is 18.0 Å². The predicted octanol–water partition coefficient (Wildman–Crippen LogP) is 1.18. The van der Waals surface area contributed by atoms with E-state index >= 15 is 0 Å². The number of aromatic nitrogens is 3. The van der Waals surface area contributed by atoms with E-state index in [4.69, 9.17) is 9.47 Å². The van der Waals surface area contributed by atoms with E-state index in [9.17, 15) is 18.0 Å². The molecule has 1 amide bonds. The third-order valence-electron chi connectivity index (χ3n) is 4.64. The first-order valence-electron chi connectivity index (χ1n) is 7.75. The topological polar surface area (TPSA) is 78.3 Å². The van der Waals surface area contributed by atoms with Crippen molar-refractivity contribution in [2.45, 2.75) is 31.2 Å². The van der Waals surface area contributed by atoms with Gasteiger partial charge in [0, 0.05) is 13.7 Å². The van der Waals surface area contributed by atoms with Crippen LogP contribution in [0.5, 0.6) is 0 Å². The molecule has 0 radical (unpaired) electrons. The molecule has 1 aromatic heterocycles. The number of carbonyl (C=O) groups is 1. The zero-order valence-electron chi connectivity index (χ0n) is 13.1. The summed E-state index contributed by atoms with van der Waals surface area (Å²) in [5, 5.41) is 10.4. The molecule has 10 heteroatoms. The number of alkyl halides is 3. The largest absolute Gasteiger partial charge is 0.391 e. The Morgan fingerprint density at radius 3 is 2.88 bits per heavy atom. The first-order chi connectivity index (χ1) is 11.4. The maximum Gasteiger partial charge on any atom is 0.391 e. The molecule has 1 aliphatic heterocycles. The second-order valence-electron chi connectivity index (χ2n) is 6.25. The molecule has 0 bridgehead atoms. The molecule has 0 unspecified atom stereocenters. The van der Waals surface area contributed by atoms with Gasteiger partial charge in [0.15, 0.2) is 5.69 Å². The van der Waals surface area contributed by atoms with Crippen molar-refractivity contribution in [1.29, 1.82) is 0 Å². The summed E-state index contributed by atoms with van der Waals surface area (Å²) in [6, 6.07) is -0.150. The van der Waals surface area contributed by atoms with Crippen LogP contribution < -0.4 is 5.32 Å². The van der Waals surface area contributed by atoms with E-state index in [1.165, 1.54) is 10.9 Å². The Morgan fingerprint density at radius 2 is 2.21 bits per heavy atom. The van der Waals surface area contributed by atoms with Crippen molar-refractivity contribution in [1.82, 2.24) is 20.3 Å². The monoisotopic (exact) mass is 348 g/mol. The molecule has 1 saturated heterocycles. The zero-order valence-corrected chi connectivity index (χ0v) is 13.1. The van der Waals surface area contributed by atoms with E-state index in [-0.39, 0.29) is 43.1 Å². The molecule has 2 fully saturated rings. The summed E-state index contributed by atoms with van der Waals surface area (Å²) in [4.78, 5) is 12.0. The minimum Gasteiger partial charge on any atom is -0.377 e. The molecule has 1 aliphatic carbocycles. The minimum absolute atomic E-state index is 0.0609. The Bertz CT molecular complexity index is 586. The van der Waals surface area contributed by atoms with Gasteiger partial charge >= 0.3 is 6.18 Å². The summed E-state index contributed by atoms with van der Waals surface area (Å²) in [5.41, 5.74) is 0.128. The second-order valence-corrected chi connectivity index (χ2v) is 6.25. The van der Waals surface area contributed by atoms with Crippen molar-refractivity contribution in [3.63, 3.8) is 0 Å². The van der Waals surface area contributed by atoms with Crippen molar-refractivity contribution in [2.24, 2.45) is 11.8 Å². The first-order valence-corrected chi connectivity index (χ1v) is 7.75. The molecule has 1 N–H and O–H groups in total. The second kappa shape index (κ2) is 6.67. The molecular weight excluding hydrogens is 329 g/mol. The maximum absolute atomic E-state index is 12.4. The summed E-state index contributed by atoms with van der Waals surface area (Å²) < 4.78 is 49.4. The van der Waals surface area contributed by atoms with Crippen molar-refractivity contribution >= 4 is 5.91 Å². The SMILES string of the molecule is CO[C@@H]1COC[C@H]1n1cc(C(=O)NCC2CC(C(F)(F)F)C2)nn1. The molecule has 2 atom stereocenters. The van der Waals surface area contributed by atoms with Crippen molar-refractivity contribution < 1.29 is 27.4 Å². The summed E-state index contributed by atoms with van der Waals surface area (Å²) in [5.74, 6) is -1.82. The van der Waals surface area contributed by atoms with E-state index in [0.29, 0.717) is 13.2 Å². The van der Waals surface area contributed by atoms with Crippen molar-refractivity contribution in [3.8, 4) is 0 Å². The zero-order chi connectivity index (χ0) is 17.3. The van der Waals surface area contributed by atoms with Crippen molar-refractivity contribution in [2.75, 3.05) is 26.9 Å². The molecule has 2 aliphatic rings. The van der Waals surface area contributed by atoms with Gasteiger partial charge in [-0.25, -0.2) is 4.68 Å². The van der Waals surface area contributed by atoms with E-state index in [1.807, 2.05) is 0 Å². The average molecular weight is 348 g/mol. The highest BCUT2D eigenvalue weighted by Crippen LogP contribution is 2.44. The van der Waals surface area contributed by atoms with Crippen LogP contribution >= 0.6 is 0 Å². The minimum atomic E-state index is -4.13. The first kappa shape index (κ1) is 17.2. The number of hydrogen-bond donors (Lipinski definition) is 1. The van der Waals surface area contributed by atoms with Gasteiger partial charge in [0.1, 0.15) is 12.1 Å². The molecule has 2 heterocycles. The van der Waals surface area contributed by atoms with Gasteiger partial charge in [-0.1, -0.05) is 5.21 Å². The number of nitrogens with one attached hydrogen (secondary N) is 1. The number of rotatable bonds is 5. The van der Waals surface area contributed by atoms with Gasteiger partial charge in [-0.15, -0.1) is 5.10 Å². The lowest BCUT2D eigenvalue weighted by atomic mass is 9.74. The number of nitrogens with zero attached hydrogens (tertiary/aromatic N) is 3. The van der Waals surface area contributed by atoms with Crippen LogP contribution in [0.15, 0.2) is 6.20 Å². The molecule has 24 heavy (non-hydrogen) atoms. The van der Waals surface area contributed by atoms with E-state index in [2.05, 4.69) is 15.6 Å².